The summed E-state index contributed by atoms with van der Waals surface area (Å²) in [7, 11) is -3.23. The maximum Gasteiger partial charge on any atom is 0.255 e. The highest BCUT2D eigenvalue weighted by Crippen LogP contribution is 2.32. The van der Waals surface area contributed by atoms with Crippen molar-refractivity contribution in [1.29, 1.82) is 0 Å². The van der Waals surface area contributed by atoms with E-state index < -0.39 is 10.0 Å². The molecule has 1 aliphatic rings. The Kier molecular flexibility index (Phi) is 6.80. The third-order valence-corrected chi connectivity index (χ3v) is 5.74. The summed E-state index contributed by atoms with van der Waals surface area (Å²) >= 11 is 0. The lowest BCUT2D eigenvalue weighted by molar-refractivity contribution is 0.101. The molecule has 3 aromatic rings. The van der Waals surface area contributed by atoms with Gasteiger partial charge in [0.05, 0.1) is 6.26 Å². The van der Waals surface area contributed by atoms with Crippen molar-refractivity contribution in [3.8, 4) is 11.5 Å². The first-order valence-corrected chi connectivity index (χ1v) is 12.3. The second kappa shape index (κ2) is 9.94. The van der Waals surface area contributed by atoms with Gasteiger partial charge in [0.1, 0.15) is 0 Å². The third kappa shape index (κ3) is 6.12. The van der Waals surface area contributed by atoms with Crippen LogP contribution in [0.5, 0.6) is 11.5 Å². The van der Waals surface area contributed by atoms with Crippen LogP contribution >= 0.6 is 0 Å². The van der Waals surface area contributed by atoms with Crippen LogP contribution in [0.4, 0.5) is 11.4 Å². The van der Waals surface area contributed by atoms with Crippen LogP contribution in [0.15, 0.2) is 66.7 Å². The van der Waals surface area contributed by atoms with Crippen molar-refractivity contribution < 1.29 is 27.5 Å². The molecular weight excluding hydrogens is 458 g/mol. The minimum atomic E-state index is -3.23. The van der Waals surface area contributed by atoms with E-state index in [1.165, 1.54) is 0 Å². The van der Waals surface area contributed by atoms with Gasteiger partial charge in [0.2, 0.25) is 16.8 Å². The average molecular weight is 482 g/mol. The molecule has 1 heterocycles. The van der Waals surface area contributed by atoms with Crippen LogP contribution in [0.25, 0.3) is 0 Å². The molecule has 4 rings (SSSR count). The number of amides is 2. The lowest BCUT2D eigenvalue weighted by Gasteiger charge is -2.10. The van der Waals surface area contributed by atoms with Gasteiger partial charge in [-0.1, -0.05) is 18.2 Å². The standard InChI is InChI=1S/C24H23N3O6S/c1-34(30,31)25-12-11-16-5-7-17(8-6-16)23(28)26-19-3-2-4-20(14-19)27-24(29)18-9-10-21-22(13-18)33-15-32-21/h2-10,13-14,25H,11-12,15H2,1H3,(H,26,28)(H,27,29). The number of sulfonamides is 1. The molecule has 9 nitrogen and oxygen atoms in total. The molecule has 0 atom stereocenters. The van der Waals surface area contributed by atoms with E-state index in [-0.39, 0.29) is 25.2 Å². The van der Waals surface area contributed by atoms with Gasteiger partial charge < -0.3 is 20.1 Å². The number of hydrogen-bond acceptors (Lipinski definition) is 6. The first kappa shape index (κ1) is 23.3. The van der Waals surface area contributed by atoms with Crippen LogP contribution in [-0.4, -0.2) is 39.8 Å². The molecule has 0 unspecified atom stereocenters. The number of fused-ring (bicyclic) bond motifs is 1. The fraction of sp³-hybridized carbons (Fsp3) is 0.167. The molecule has 0 spiro atoms. The summed E-state index contributed by atoms with van der Waals surface area (Å²) in [6, 6.07) is 18.7. The number of carbonyl (C=O) groups excluding carboxylic acids is 2. The van der Waals surface area contributed by atoms with E-state index in [0.29, 0.717) is 40.4 Å². The Balaban J connectivity index is 1.35. The van der Waals surface area contributed by atoms with Crippen molar-refractivity contribution >= 4 is 33.2 Å². The summed E-state index contributed by atoms with van der Waals surface area (Å²) in [5.74, 6) is 0.494. The van der Waals surface area contributed by atoms with Crippen molar-refractivity contribution in [2.24, 2.45) is 0 Å². The van der Waals surface area contributed by atoms with Gasteiger partial charge in [-0.25, -0.2) is 13.1 Å². The minimum absolute atomic E-state index is 0.130. The molecule has 0 bridgehead atoms. The normalized spacial score (nSPS) is 12.3. The fourth-order valence-corrected chi connectivity index (χ4v) is 3.80. The zero-order chi connectivity index (χ0) is 24.1. The minimum Gasteiger partial charge on any atom is -0.454 e. The van der Waals surface area contributed by atoms with Crippen molar-refractivity contribution in [2.45, 2.75) is 6.42 Å². The number of carbonyl (C=O) groups is 2. The second-order valence-corrected chi connectivity index (χ2v) is 9.50. The smallest absolute Gasteiger partial charge is 0.255 e. The molecule has 176 valence electrons. The predicted molar refractivity (Wildman–Crippen MR) is 128 cm³/mol. The Morgan fingerprint density at radius 1 is 0.824 bits per heavy atom. The van der Waals surface area contributed by atoms with Crippen molar-refractivity contribution in [3.05, 3.63) is 83.4 Å². The molecule has 0 fully saturated rings. The molecule has 3 aromatic carbocycles. The van der Waals surface area contributed by atoms with E-state index in [9.17, 15) is 18.0 Å². The Morgan fingerprint density at radius 3 is 2.12 bits per heavy atom. The number of anilines is 2. The molecule has 34 heavy (non-hydrogen) atoms. The van der Waals surface area contributed by atoms with E-state index >= 15 is 0 Å². The van der Waals surface area contributed by atoms with Crippen LogP contribution in [0.1, 0.15) is 26.3 Å². The van der Waals surface area contributed by atoms with Gasteiger partial charge in [0.15, 0.2) is 11.5 Å². The molecule has 0 saturated carbocycles. The highest BCUT2D eigenvalue weighted by atomic mass is 32.2. The van der Waals surface area contributed by atoms with Gasteiger partial charge in [-0.05, 0) is 60.5 Å². The van der Waals surface area contributed by atoms with Crippen molar-refractivity contribution in [3.63, 3.8) is 0 Å². The van der Waals surface area contributed by atoms with Crippen LogP contribution < -0.4 is 24.8 Å². The van der Waals surface area contributed by atoms with E-state index in [2.05, 4.69) is 15.4 Å². The van der Waals surface area contributed by atoms with Crippen LogP contribution in [0.3, 0.4) is 0 Å². The van der Waals surface area contributed by atoms with E-state index in [1.54, 1.807) is 66.7 Å². The number of hydrogen-bond donors (Lipinski definition) is 3. The summed E-state index contributed by atoms with van der Waals surface area (Å²) in [6.45, 7) is 0.417. The first-order chi connectivity index (χ1) is 16.3. The van der Waals surface area contributed by atoms with Gasteiger partial charge in [0, 0.05) is 29.0 Å². The largest absolute Gasteiger partial charge is 0.454 e. The van der Waals surface area contributed by atoms with Crippen molar-refractivity contribution in [2.75, 3.05) is 30.2 Å². The predicted octanol–water partition coefficient (Wildman–Crippen LogP) is 3.01. The lowest BCUT2D eigenvalue weighted by Crippen LogP contribution is -2.24. The number of ether oxygens (including phenoxy) is 2. The molecule has 1 aliphatic heterocycles. The van der Waals surface area contributed by atoms with Gasteiger partial charge in [0.25, 0.3) is 11.8 Å². The fourth-order valence-electron chi connectivity index (χ4n) is 3.32. The summed E-state index contributed by atoms with van der Waals surface area (Å²) in [5.41, 5.74) is 2.82. The summed E-state index contributed by atoms with van der Waals surface area (Å²) in [6.07, 6.45) is 1.62. The molecule has 3 N–H and O–H groups in total. The molecule has 0 aromatic heterocycles. The number of nitrogens with one attached hydrogen (secondary N) is 3. The quantitative estimate of drug-likeness (QED) is 0.455. The average Bonchev–Trinajstić information content (AvgIpc) is 3.27. The van der Waals surface area contributed by atoms with Gasteiger partial charge >= 0.3 is 0 Å². The summed E-state index contributed by atoms with van der Waals surface area (Å²) in [4.78, 5) is 25.2. The topological polar surface area (TPSA) is 123 Å². The summed E-state index contributed by atoms with van der Waals surface area (Å²) < 4.78 is 35.3. The van der Waals surface area contributed by atoms with E-state index in [4.69, 9.17) is 9.47 Å². The van der Waals surface area contributed by atoms with E-state index in [0.717, 1.165) is 11.8 Å². The Labute approximate surface area is 197 Å². The Bertz CT molecular complexity index is 1320. The number of rotatable bonds is 8. The number of benzene rings is 3. The lowest BCUT2D eigenvalue weighted by atomic mass is 10.1. The molecule has 0 saturated heterocycles. The van der Waals surface area contributed by atoms with Crippen LogP contribution in [0.2, 0.25) is 0 Å². The zero-order valence-electron chi connectivity index (χ0n) is 18.3. The zero-order valence-corrected chi connectivity index (χ0v) is 19.1. The van der Waals surface area contributed by atoms with Gasteiger partial charge in [-0.2, -0.15) is 0 Å². The highest BCUT2D eigenvalue weighted by Gasteiger charge is 2.16. The molecule has 10 heteroatoms. The molecule has 0 radical (unpaired) electrons. The van der Waals surface area contributed by atoms with E-state index in [1.807, 2.05) is 0 Å². The molecule has 0 aliphatic carbocycles. The highest BCUT2D eigenvalue weighted by molar-refractivity contribution is 7.88. The summed E-state index contributed by atoms with van der Waals surface area (Å²) in [5, 5.41) is 5.61. The van der Waals surface area contributed by atoms with Crippen LogP contribution in [0, 0.1) is 0 Å². The SMILES string of the molecule is CS(=O)(=O)NCCc1ccc(C(=O)Nc2cccc(NC(=O)c3ccc4c(c3)OCO4)c2)cc1. The maximum atomic E-state index is 12.6. The first-order valence-electron chi connectivity index (χ1n) is 10.4. The molecule has 2 amide bonds. The Morgan fingerprint density at radius 2 is 1.44 bits per heavy atom. The third-order valence-electron chi connectivity index (χ3n) is 5.01. The van der Waals surface area contributed by atoms with Gasteiger partial charge in [-0.3, -0.25) is 9.59 Å². The maximum absolute atomic E-state index is 12.6. The molecular formula is C24H23N3O6S. The Hall–Kier alpha value is -3.89. The monoisotopic (exact) mass is 481 g/mol. The van der Waals surface area contributed by atoms with Gasteiger partial charge in [-0.15, -0.1) is 0 Å². The van der Waals surface area contributed by atoms with Crippen molar-refractivity contribution in [1.82, 2.24) is 4.72 Å². The van der Waals surface area contributed by atoms with Crippen LogP contribution in [-0.2, 0) is 16.4 Å². The second-order valence-electron chi connectivity index (χ2n) is 7.67.